The van der Waals surface area contributed by atoms with E-state index in [0.717, 1.165) is 63.8 Å². The van der Waals surface area contributed by atoms with Gasteiger partial charge in [-0.1, -0.05) is 18.2 Å². The summed E-state index contributed by atoms with van der Waals surface area (Å²) >= 11 is 0. The summed E-state index contributed by atoms with van der Waals surface area (Å²) in [6, 6.07) is 8.34. The highest BCUT2D eigenvalue weighted by Crippen LogP contribution is 2.17. The number of benzene rings is 1. The normalized spacial score (nSPS) is 15.1. The molecular weight excluding hydrogens is 493 g/mol. The maximum absolute atomic E-state index is 5.98. The van der Waals surface area contributed by atoms with Gasteiger partial charge in [0.15, 0.2) is 5.96 Å². The van der Waals surface area contributed by atoms with Crippen LogP contribution in [0.15, 0.2) is 48.0 Å². The molecule has 0 amide bonds. The van der Waals surface area contributed by atoms with Crippen LogP contribution < -0.4 is 5.32 Å². The average molecular weight is 527 g/mol. The third-order valence-corrected chi connectivity index (χ3v) is 5.10. The summed E-state index contributed by atoms with van der Waals surface area (Å²) in [7, 11) is 1.73. The predicted octanol–water partition coefficient (Wildman–Crippen LogP) is 3.47. The largest absolute Gasteiger partial charge is 0.385 e. The smallest absolute Gasteiger partial charge is 0.194 e. The van der Waals surface area contributed by atoms with E-state index in [9.17, 15) is 0 Å². The minimum atomic E-state index is 0. The summed E-state index contributed by atoms with van der Waals surface area (Å²) in [5, 5.41) is 3.45. The van der Waals surface area contributed by atoms with Gasteiger partial charge in [-0.3, -0.25) is 0 Å². The molecule has 0 unspecified atom stereocenters. The fraction of sp³-hybridized carbons (Fsp3) is 0.545. The summed E-state index contributed by atoms with van der Waals surface area (Å²) in [6.07, 6.45) is 8.94. The van der Waals surface area contributed by atoms with Gasteiger partial charge >= 0.3 is 0 Å². The molecule has 2 aromatic rings. The van der Waals surface area contributed by atoms with Crippen molar-refractivity contribution in [3.63, 3.8) is 0 Å². The van der Waals surface area contributed by atoms with Gasteiger partial charge in [-0.05, 0) is 37.8 Å². The number of likely N-dealkylation sites (tertiary alicyclic amines) is 1. The number of methoxy groups -OCH3 is 1. The van der Waals surface area contributed by atoms with Crippen LogP contribution in [0.25, 0.3) is 5.69 Å². The highest BCUT2D eigenvalue weighted by Gasteiger charge is 2.21. The number of imidazole rings is 1. The summed E-state index contributed by atoms with van der Waals surface area (Å²) in [4.78, 5) is 11.4. The third-order valence-electron chi connectivity index (χ3n) is 5.10. The molecule has 1 aliphatic heterocycles. The second-order valence-electron chi connectivity index (χ2n) is 7.17. The molecular formula is C22H34IN5O2. The number of nitrogens with one attached hydrogen (secondary N) is 1. The van der Waals surface area contributed by atoms with Gasteiger partial charge in [0.1, 0.15) is 0 Å². The standard InChI is InChI=1S/C22H33N5O2.HI/c1-3-24-22(26-12-9-20(10-13-26)29-16-6-15-28-2)25-17-19-7-4-5-8-21(19)27-14-11-23-18-27;/h4-5,7-8,11,14,18,20H,3,6,9-10,12-13,15-17H2,1-2H3,(H,24,25);1H. The van der Waals surface area contributed by atoms with Crippen molar-refractivity contribution in [2.45, 2.75) is 38.8 Å². The minimum Gasteiger partial charge on any atom is -0.385 e. The Balaban J connectivity index is 0.00000320. The fourth-order valence-corrected chi connectivity index (χ4v) is 3.57. The molecule has 1 aromatic carbocycles. The Morgan fingerprint density at radius 2 is 2.03 bits per heavy atom. The lowest BCUT2D eigenvalue weighted by atomic mass is 10.1. The number of piperidine rings is 1. The molecule has 0 aliphatic carbocycles. The Morgan fingerprint density at radius 1 is 1.23 bits per heavy atom. The summed E-state index contributed by atoms with van der Waals surface area (Å²) in [5.74, 6) is 0.978. The van der Waals surface area contributed by atoms with Crippen molar-refractivity contribution in [1.29, 1.82) is 0 Å². The number of hydrogen-bond acceptors (Lipinski definition) is 4. The lowest BCUT2D eigenvalue weighted by Gasteiger charge is -2.34. The van der Waals surface area contributed by atoms with Crippen LogP contribution in [-0.4, -0.2) is 66.5 Å². The van der Waals surface area contributed by atoms with Crippen LogP contribution in [0.2, 0.25) is 0 Å². The first-order valence-electron chi connectivity index (χ1n) is 10.5. The van der Waals surface area contributed by atoms with Crippen LogP contribution in [0.3, 0.4) is 0 Å². The van der Waals surface area contributed by atoms with E-state index < -0.39 is 0 Å². The zero-order chi connectivity index (χ0) is 20.3. The topological polar surface area (TPSA) is 63.9 Å². The molecule has 1 aliphatic rings. The zero-order valence-electron chi connectivity index (χ0n) is 18.0. The molecule has 30 heavy (non-hydrogen) atoms. The van der Waals surface area contributed by atoms with Gasteiger partial charge in [-0.25, -0.2) is 9.98 Å². The predicted molar refractivity (Wildman–Crippen MR) is 131 cm³/mol. The van der Waals surface area contributed by atoms with E-state index in [1.165, 1.54) is 5.56 Å². The van der Waals surface area contributed by atoms with Gasteiger partial charge in [0, 0.05) is 52.4 Å². The molecule has 1 fully saturated rings. The molecule has 166 valence electrons. The number of ether oxygens (including phenoxy) is 2. The molecule has 1 saturated heterocycles. The Kier molecular flexibility index (Phi) is 11.2. The number of hydrogen-bond donors (Lipinski definition) is 1. The van der Waals surface area contributed by atoms with Crippen LogP contribution in [0, 0.1) is 0 Å². The molecule has 0 saturated carbocycles. The van der Waals surface area contributed by atoms with Crippen LogP contribution in [-0.2, 0) is 16.0 Å². The molecule has 1 aromatic heterocycles. The number of guanidine groups is 1. The number of rotatable bonds is 9. The number of aromatic nitrogens is 2. The van der Waals surface area contributed by atoms with E-state index in [-0.39, 0.29) is 24.0 Å². The highest BCUT2D eigenvalue weighted by atomic mass is 127. The van der Waals surface area contributed by atoms with Crippen molar-refractivity contribution >= 4 is 29.9 Å². The van der Waals surface area contributed by atoms with E-state index in [1.807, 2.05) is 23.2 Å². The quantitative estimate of drug-likeness (QED) is 0.234. The first kappa shape index (κ1) is 24.6. The number of para-hydroxylation sites is 1. The van der Waals surface area contributed by atoms with Crippen LogP contribution in [0.5, 0.6) is 0 Å². The van der Waals surface area contributed by atoms with Crippen LogP contribution in [0.1, 0.15) is 31.7 Å². The molecule has 8 heteroatoms. The maximum atomic E-state index is 5.98. The van der Waals surface area contributed by atoms with Gasteiger partial charge in [-0.15, -0.1) is 24.0 Å². The lowest BCUT2D eigenvalue weighted by Crippen LogP contribution is -2.47. The minimum absolute atomic E-state index is 0. The molecule has 2 heterocycles. The van der Waals surface area contributed by atoms with Gasteiger partial charge < -0.3 is 24.3 Å². The monoisotopic (exact) mass is 527 g/mol. The Morgan fingerprint density at radius 3 is 2.73 bits per heavy atom. The van der Waals surface area contributed by atoms with Crippen LogP contribution >= 0.6 is 24.0 Å². The van der Waals surface area contributed by atoms with Crippen molar-refractivity contribution in [3.05, 3.63) is 48.5 Å². The van der Waals surface area contributed by atoms with Crippen molar-refractivity contribution in [2.75, 3.05) is 40.0 Å². The van der Waals surface area contributed by atoms with Crippen molar-refractivity contribution < 1.29 is 9.47 Å². The second-order valence-corrected chi connectivity index (χ2v) is 7.17. The van der Waals surface area contributed by atoms with Crippen molar-refractivity contribution in [1.82, 2.24) is 19.8 Å². The molecule has 0 bridgehead atoms. The first-order valence-corrected chi connectivity index (χ1v) is 10.5. The SMILES string of the molecule is CCNC(=NCc1ccccc1-n1ccnc1)N1CCC(OCCCOC)CC1.I. The highest BCUT2D eigenvalue weighted by molar-refractivity contribution is 14.0. The average Bonchev–Trinajstić information content (AvgIpc) is 3.30. The first-order chi connectivity index (χ1) is 14.3. The van der Waals surface area contributed by atoms with E-state index in [1.54, 1.807) is 13.3 Å². The number of halogens is 1. The molecule has 0 spiro atoms. The van der Waals surface area contributed by atoms with Crippen LogP contribution in [0.4, 0.5) is 0 Å². The third kappa shape index (κ3) is 7.24. The van der Waals surface area contributed by atoms with Gasteiger partial charge in [0.05, 0.1) is 24.7 Å². The maximum Gasteiger partial charge on any atom is 0.194 e. The number of aliphatic imine (C=N–C) groups is 1. The molecule has 0 radical (unpaired) electrons. The Bertz CT molecular complexity index is 746. The fourth-order valence-electron chi connectivity index (χ4n) is 3.57. The van der Waals surface area contributed by atoms with Gasteiger partial charge in [-0.2, -0.15) is 0 Å². The molecule has 0 atom stereocenters. The molecule has 3 rings (SSSR count). The van der Waals surface area contributed by atoms with Crippen molar-refractivity contribution in [2.24, 2.45) is 4.99 Å². The summed E-state index contributed by atoms with van der Waals surface area (Å²) in [6.45, 7) is 7.06. The van der Waals surface area contributed by atoms with Crippen molar-refractivity contribution in [3.8, 4) is 5.69 Å². The van der Waals surface area contributed by atoms with E-state index in [0.29, 0.717) is 12.6 Å². The second kappa shape index (κ2) is 13.6. The van der Waals surface area contributed by atoms with E-state index in [2.05, 4.69) is 40.3 Å². The lowest BCUT2D eigenvalue weighted by molar-refractivity contribution is 0.00990. The van der Waals surface area contributed by atoms with Gasteiger partial charge in [0.2, 0.25) is 0 Å². The zero-order valence-corrected chi connectivity index (χ0v) is 20.3. The Labute approximate surface area is 196 Å². The Hall–Kier alpha value is -1.65. The van der Waals surface area contributed by atoms with E-state index >= 15 is 0 Å². The summed E-state index contributed by atoms with van der Waals surface area (Å²) < 4.78 is 13.1. The van der Waals surface area contributed by atoms with E-state index in [4.69, 9.17) is 14.5 Å². The summed E-state index contributed by atoms with van der Waals surface area (Å²) in [5.41, 5.74) is 2.30. The molecule has 7 nitrogen and oxygen atoms in total. The van der Waals surface area contributed by atoms with Gasteiger partial charge in [0.25, 0.3) is 0 Å². The molecule has 1 N–H and O–H groups in total. The number of nitrogens with zero attached hydrogens (tertiary/aromatic N) is 4.